The monoisotopic (exact) mass is 528 g/mol. The van der Waals surface area contributed by atoms with Crippen LogP contribution in [0.3, 0.4) is 0 Å². The van der Waals surface area contributed by atoms with Crippen molar-refractivity contribution in [2.24, 2.45) is 23.2 Å². The molecule has 0 amide bonds. The molecule has 0 aromatic heterocycles. The molecule has 1 unspecified atom stereocenters. The van der Waals surface area contributed by atoms with Gasteiger partial charge in [-0.3, -0.25) is 0 Å². The Hall–Kier alpha value is -0.943. The minimum absolute atomic E-state index is 0.0898. The molecule has 0 saturated heterocycles. The molecule has 3 rings (SSSR count). The van der Waals surface area contributed by atoms with Gasteiger partial charge in [-0.2, -0.15) is 0 Å². The van der Waals surface area contributed by atoms with Crippen LogP contribution in [0.5, 0.6) is 0 Å². The van der Waals surface area contributed by atoms with E-state index >= 15 is 0 Å². The van der Waals surface area contributed by atoms with Gasteiger partial charge >= 0.3 is 0 Å². The highest BCUT2D eigenvalue weighted by Gasteiger charge is 2.50. The summed E-state index contributed by atoms with van der Waals surface area (Å²) < 4.78 is 6.83. The number of hydrogen-bond acceptors (Lipinski definition) is 3. The van der Waals surface area contributed by atoms with Crippen LogP contribution in [0.15, 0.2) is 47.6 Å². The minimum Gasteiger partial charge on any atom is -0.412 e. The van der Waals surface area contributed by atoms with E-state index in [1.807, 2.05) is 0 Å². The smallest absolute Gasteiger partial charge is 0.192 e. The Morgan fingerprint density at radius 1 is 1.08 bits per heavy atom. The summed E-state index contributed by atoms with van der Waals surface area (Å²) in [5.74, 6) is 1.94. The Morgan fingerprint density at radius 2 is 1.70 bits per heavy atom. The molecule has 0 radical (unpaired) electrons. The average Bonchev–Trinajstić information content (AvgIpc) is 3.22. The van der Waals surface area contributed by atoms with Crippen molar-refractivity contribution in [1.29, 1.82) is 0 Å². The lowest BCUT2D eigenvalue weighted by molar-refractivity contribution is 0.0974. The van der Waals surface area contributed by atoms with Crippen molar-refractivity contribution in [3.05, 3.63) is 47.6 Å². The molecule has 3 saturated carbocycles. The fourth-order valence-electron chi connectivity index (χ4n) is 7.86. The molecule has 0 spiro atoms. The zero-order valence-corrected chi connectivity index (χ0v) is 26.0. The highest BCUT2D eigenvalue weighted by atomic mass is 28.4. The molecule has 0 aliphatic heterocycles. The van der Waals surface area contributed by atoms with Crippen LogP contribution in [0.25, 0.3) is 0 Å². The van der Waals surface area contributed by atoms with E-state index in [0.717, 1.165) is 12.0 Å². The van der Waals surface area contributed by atoms with Crippen LogP contribution in [0.2, 0.25) is 18.1 Å². The molecular weight excluding hydrogens is 472 g/mol. The summed E-state index contributed by atoms with van der Waals surface area (Å²) in [7, 11) is -1.61. The van der Waals surface area contributed by atoms with E-state index in [0.29, 0.717) is 41.6 Å². The second kappa shape index (κ2) is 12.5. The SMILES string of the molecule is C=C1[C@H](O)CC(=C/C=C2\CCC[C@]3(C)[C@@H](C(C)/C=C/CC(C)(C)O[Si](CC)(CC)CC)CC[C@@H]23)C[C@H]1O. The molecule has 3 nitrogen and oxygen atoms in total. The van der Waals surface area contributed by atoms with Crippen LogP contribution in [0.4, 0.5) is 0 Å². The first-order chi connectivity index (χ1) is 17.4. The lowest BCUT2D eigenvalue weighted by Crippen LogP contribution is -2.44. The molecule has 4 heteroatoms. The minimum atomic E-state index is -1.61. The predicted molar refractivity (Wildman–Crippen MR) is 160 cm³/mol. The van der Waals surface area contributed by atoms with Crippen LogP contribution in [-0.4, -0.2) is 36.3 Å². The Labute approximate surface area is 229 Å². The van der Waals surface area contributed by atoms with Crippen LogP contribution in [0.1, 0.15) is 99.8 Å². The molecule has 0 heterocycles. The summed E-state index contributed by atoms with van der Waals surface area (Å²) in [6.45, 7) is 20.3. The van der Waals surface area contributed by atoms with Gasteiger partial charge in [0.25, 0.3) is 0 Å². The van der Waals surface area contributed by atoms with E-state index in [-0.39, 0.29) is 5.60 Å². The third kappa shape index (κ3) is 6.98. The fourth-order valence-corrected chi connectivity index (χ4v) is 11.1. The van der Waals surface area contributed by atoms with Gasteiger partial charge in [0, 0.05) is 0 Å². The Morgan fingerprint density at radius 3 is 2.30 bits per heavy atom. The maximum Gasteiger partial charge on any atom is 0.192 e. The zero-order valence-electron chi connectivity index (χ0n) is 25.0. The molecule has 0 bridgehead atoms. The van der Waals surface area contributed by atoms with Crippen molar-refractivity contribution in [2.45, 2.75) is 136 Å². The molecule has 2 N–H and O–H groups in total. The second-order valence-electron chi connectivity index (χ2n) is 13.3. The van der Waals surface area contributed by atoms with Gasteiger partial charge in [-0.15, -0.1) is 0 Å². The molecule has 3 fully saturated rings. The number of rotatable bonds is 10. The van der Waals surface area contributed by atoms with Crippen molar-refractivity contribution in [1.82, 2.24) is 0 Å². The number of hydrogen-bond donors (Lipinski definition) is 2. The number of fused-ring (bicyclic) bond motifs is 1. The average molecular weight is 529 g/mol. The fraction of sp³-hybridized carbons (Fsp3) is 0.758. The van der Waals surface area contributed by atoms with Gasteiger partial charge in [-0.05, 0) is 112 Å². The van der Waals surface area contributed by atoms with Crippen molar-refractivity contribution >= 4 is 8.32 Å². The topological polar surface area (TPSA) is 49.7 Å². The maximum atomic E-state index is 10.2. The van der Waals surface area contributed by atoms with E-state index in [2.05, 4.69) is 79.3 Å². The summed E-state index contributed by atoms with van der Waals surface area (Å²) in [6, 6.07) is 3.61. The van der Waals surface area contributed by atoms with Crippen molar-refractivity contribution in [3.8, 4) is 0 Å². The van der Waals surface area contributed by atoms with Gasteiger partial charge in [0.15, 0.2) is 8.32 Å². The molecule has 6 atom stereocenters. The van der Waals surface area contributed by atoms with Gasteiger partial charge < -0.3 is 14.6 Å². The van der Waals surface area contributed by atoms with E-state index in [4.69, 9.17) is 4.43 Å². The van der Waals surface area contributed by atoms with Crippen LogP contribution < -0.4 is 0 Å². The van der Waals surface area contributed by atoms with Crippen LogP contribution in [-0.2, 0) is 4.43 Å². The molecule has 3 aliphatic carbocycles. The molecule has 0 aromatic rings. The molecular formula is C33H56O3Si. The lowest BCUT2D eigenvalue weighted by Gasteiger charge is -2.44. The summed E-state index contributed by atoms with van der Waals surface area (Å²) in [4.78, 5) is 0. The number of aliphatic hydroxyl groups is 2. The first-order valence-electron chi connectivity index (χ1n) is 15.2. The first kappa shape index (κ1) is 30.6. The van der Waals surface area contributed by atoms with E-state index in [1.165, 1.54) is 50.2 Å². The van der Waals surface area contributed by atoms with E-state index in [1.54, 1.807) is 5.57 Å². The molecule has 37 heavy (non-hydrogen) atoms. The van der Waals surface area contributed by atoms with Crippen molar-refractivity contribution in [2.75, 3.05) is 0 Å². The second-order valence-corrected chi connectivity index (χ2v) is 18.0. The summed E-state index contributed by atoms with van der Waals surface area (Å²) in [6.07, 6.45) is 16.8. The number of aliphatic hydroxyl groups excluding tert-OH is 2. The Bertz CT molecular complexity index is 856. The maximum absolute atomic E-state index is 10.2. The summed E-state index contributed by atoms with van der Waals surface area (Å²) in [5, 5.41) is 20.4. The lowest BCUT2D eigenvalue weighted by atomic mass is 9.61. The van der Waals surface area contributed by atoms with Gasteiger partial charge in [-0.1, -0.05) is 76.6 Å². The summed E-state index contributed by atoms with van der Waals surface area (Å²) >= 11 is 0. The van der Waals surface area contributed by atoms with Crippen LogP contribution >= 0.6 is 0 Å². The number of allylic oxidation sites excluding steroid dienone is 4. The zero-order chi connectivity index (χ0) is 27.4. The Balaban J connectivity index is 1.66. The van der Waals surface area contributed by atoms with Gasteiger partial charge in [-0.25, -0.2) is 0 Å². The third-order valence-electron chi connectivity index (χ3n) is 10.4. The molecule has 3 aliphatic rings. The standard InChI is InChI=1S/C33H56O3Si/c1-9-37(10-2,11-3)36-32(6,7)20-12-14-24(4)28-18-19-29-27(15-13-21-33(28,29)8)17-16-26-22-30(34)25(5)31(35)23-26/h12,14,16-17,24,28-31,34-35H,5,9-11,13,15,18-23H2,1-4,6-8H3/b14-12+,27-17+/t24?,28-,29+,30-,31-,33-/m1/s1. The van der Waals surface area contributed by atoms with Gasteiger partial charge in [0.2, 0.25) is 0 Å². The molecule has 210 valence electrons. The molecule has 0 aromatic carbocycles. The normalized spacial score (nSPS) is 33.3. The highest BCUT2D eigenvalue weighted by molar-refractivity contribution is 6.73. The third-order valence-corrected chi connectivity index (χ3v) is 15.3. The highest BCUT2D eigenvalue weighted by Crippen LogP contribution is 2.59. The van der Waals surface area contributed by atoms with E-state index in [9.17, 15) is 10.2 Å². The van der Waals surface area contributed by atoms with Gasteiger partial charge in [0.05, 0.1) is 17.8 Å². The predicted octanol–water partition coefficient (Wildman–Crippen LogP) is 8.51. The van der Waals surface area contributed by atoms with Crippen molar-refractivity contribution in [3.63, 3.8) is 0 Å². The van der Waals surface area contributed by atoms with E-state index < -0.39 is 20.5 Å². The first-order valence-corrected chi connectivity index (χ1v) is 17.7. The largest absolute Gasteiger partial charge is 0.412 e. The van der Waals surface area contributed by atoms with Crippen LogP contribution in [0, 0.1) is 23.2 Å². The van der Waals surface area contributed by atoms with Crippen molar-refractivity contribution < 1.29 is 14.6 Å². The van der Waals surface area contributed by atoms with Gasteiger partial charge in [0.1, 0.15) is 0 Å². The summed E-state index contributed by atoms with van der Waals surface area (Å²) in [5.41, 5.74) is 3.56. The Kier molecular flexibility index (Phi) is 10.3. The quantitative estimate of drug-likeness (QED) is 0.221.